The Morgan fingerprint density at radius 3 is 2.68 bits per heavy atom. The Kier molecular flexibility index (Phi) is 4.21. The monoisotopic (exact) mass is 362 g/mol. The maximum atomic E-state index is 12.2. The molecule has 0 saturated heterocycles. The Balaban J connectivity index is 2.11. The minimum absolute atomic E-state index is 0.128. The second-order valence-corrected chi connectivity index (χ2v) is 8.10. The van der Waals surface area contributed by atoms with E-state index in [1.165, 1.54) is 26.6 Å². The number of hydrogen-bond acceptors (Lipinski definition) is 5. The highest BCUT2D eigenvalue weighted by Crippen LogP contribution is 2.37. The van der Waals surface area contributed by atoms with Crippen molar-refractivity contribution < 1.29 is 13.3 Å². The van der Waals surface area contributed by atoms with Crippen LogP contribution < -0.4 is 0 Å². The third-order valence-corrected chi connectivity index (χ3v) is 5.92. The number of aryl methyl sites for hydroxylation is 1. The van der Waals surface area contributed by atoms with Crippen molar-refractivity contribution in [2.75, 3.05) is 14.1 Å². The summed E-state index contributed by atoms with van der Waals surface area (Å²) in [7, 11) is -0.767. The fourth-order valence-electron chi connectivity index (χ4n) is 2.99. The number of fused-ring (bicyclic) bond motifs is 1. The van der Waals surface area contributed by atoms with Crippen LogP contribution in [0.5, 0.6) is 0 Å². The molecule has 1 aromatic carbocycles. The lowest BCUT2D eigenvalue weighted by atomic mass is 9.87. The number of nitrogens with zero attached hydrogens (tertiary/aromatic N) is 4. The molecule has 9 heteroatoms. The van der Waals surface area contributed by atoms with Gasteiger partial charge in [-0.2, -0.15) is 12.7 Å². The molecule has 0 bridgehead atoms. The molecular weight excluding hydrogens is 344 g/mol. The Morgan fingerprint density at radius 2 is 2.04 bits per heavy atom. The summed E-state index contributed by atoms with van der Waals surface area (Å²) in [5.74, 6) is 0. The van der Waals surface area contributed by atoms with Crippen molar-refractivity contribution in [3.05, 3.63) is 63.2 Å². The molecule has 132 valence electrons. The minimum atomic E-state index is -3.65. The molecule has 0 spiro atoms. The van der Waals surface area contributed by atoms with Gasteiger partial charge in [0, 0.05) is 37.0 Å². The molecule has 1 aromatic heterocycles. The van der Waals surface area contributed by atoms with Crippen molar-refractivity contribution in [3.63, 3.8) is 0 Å². The standard InChI is InChI=1S/C16H18N4O4S/c1-11-7-8-12-13(5-4-6-14(12)16(11)20(21)22)15-9-19(10-17-15)25(23,24)18(2)3/h5,7-10H,4,6H2,1-3H3. The van der Waals surface area contributed by atoms with E-state index < -0.39 is 10.2 Å². The van der Waals surface area contributed by atoms with E-state index in [0.717, 1.165) is 19.4 Å². The summed E-state index contributed by atoms with van der Waals surface area (Å²) in [6.45, 7) is 1.72. The van der Waals surface area contributed by atoms with Crippen LogP contribution >= 0.6 is 0 Å². The fraction of sp³-hybridized carbons (Fsp3) is 0.312. The summed E-state index contributed by atoms with van der Waals surface area (Å²) in [5.41, 5.74) is 3.35. The smallest absolute Gasteiger partial charge is 0.258 e. The second-order valence-electron chi connectivity index (χ2n) is 6.05. The van der Waals surface area contributed by atoms with Gasteiger partial charge in [-0.25, -0.2) is 8.96 Å². The van der Waals surface area contributed by atoms with Gasteiger partial charge in [0.25, 0.3) is 5.69 Å². The lowest BCUT2D eigenvalue weighted by molar-refractivity contribution is -0.386. The highest BCUT2D eigenvalue weighted by Gasteiger charge is 2.26. The molecular formula is C16H18N4O4S. The van der Waals surface area contributed by atoms with Crippen molar-refractivity contribution in [1.82, 2.24) is 13.3 Å². The molecule has 0 radical (unpaired) electrons. The molecule has 0 amide bonds. The van der Waals surface area contributed by atoms with E-state index >= 15 is 0 Å². The average molecular weight is 362 g/mol. The molecule has 0 unspecified atom stereocenters. The molecule has 1 aliphatic rings. The normalized spacial score (nSPS) is 14.3. The fourth-order valence-corrected chi connectivity index (χ4v) is 3.76. The first-order valence-electron chi connectivity index (χ1n) is 7.68. The highest BCUT2D eigenvalue weighted by molar-refractivity contribution is 7.87. The van der Waals surface area contributed by atoms with Crippen LogP contribution in [0.1, 0.15) is 28.8 Å². The van der Waals surface area contributed by atoms with Crippen LogP contribution in [0, 0.1) is 17.0 Å². The zero-order valence-electron chi connectivity index (χ0n) is 14.1. The van der Waals surface area contributed by atoms with Gasteiger partial charge in [0.1, 0.15) is 6.33 Å². The topological polar surface area (TPSA) is 98.3 Å². The second kappa shape index (κ2) is 6.08. The zero-order chi connectivity index (χ0) is 18.4. The summed E-state index contributed by atoms with van der Waals surface area (Å²) in [4.78, 5) is 15.3. The number of aromatic nitrogens is 2. The third kappa shape index (κ3) is 2.85. The average Bonchev–Trinajstić information content (AvgIpc) is 3.03. The zero-order valence-corrected chi connectivity index (χ0v) is 14.9. The van der Waals surface area contributed by atoms with Gasteiger partial charge in [-0.05, 0) is 25.3 Å². The van der Waals surface area contributed by atoms with E-state index in [9.17, 15) is 18.5 Å². The molecule has 1 heterocycles. The van der Waals surface area contributed by atoms with Crippen LogP contribution in [0.2, 0.25) is 0 Å². The van der Waals surface area contributed by atoms with E-state index in [-0.39, 0.29) is 10.6 Å². The van der Waals surface area contributed by atoms with Gasteiger partial charge in [-0.15, -0.1) is 0 Å². The number of benzene rings is 1. The minimum Gasteiger partial charge on any atom is -0.258 e. The predicted octanol–water partition coefficient (Wildman–Crippen LogP) is 2.13. The van der Waals surface area contributed by atoms with Gasteiger partial charge >= 0.3 is 10.2 Å². The van der Waals surface area contributed by atoms with Gasteiger partial charge in [0.15, 0.2) is 0 Å². The highest BCUT2D eigenvalue weighted by atomic mass is 32.2. The van der Waals surface area contributed by atoms with E-state index in [2.05, 4.69) is 4.98 Å². The molecule has 8 nitrogen and oxygen atoms in total. The quantitative estimate of drug-likeness (QED) is 0.613. The lowest BCUT2D eigenvalue weighted by Gasteiger charge is -2.17. The van der Waals surface area contributed by atoms with Crippen LogP contribution in [-0.4, -0.2) is 40.7 Å². The number of rotatable bonds is 4. The Hall–Kier alpha value is -2.52. The Labute approximate surface area is 145 Å². The molecule has 25 heavy (non-hydrogen) atoms. The van der Waals surface area contributed by atoms with Gasteiger partial charge in [0.05, 0.1) is 10.6 Å². The molecule has 2 aromatic rings. The van der Waals surface area contributed by atoms with E-state index in [4.69, 9.17) is 0 Å². The van der Waals surface area contributed by atoms with Crippen LogP contribution in [0.3, 0.4) is 0 Å². The molecule has 0 atom stereocenters. The maximum Gasteiger partial charge on any atom is 0.308 e. The lowest BCUT2D eigenvalue weighted by Crippen LogP contribution is -2.27. The van der Waals surface area contributed by atoms with E-state index in [1.54, 1.807) is 13.0 Å². The summed E-state index contributed by atoms with van der Waals surface area (Å²) in [6, 6.07) is 3.55. The maximum absolute atomic E-state index is 12.2. The summed E-state index contributed by atoms with van der Waals surface area (Å²) < 4.78 is 26.5. The number of nitro benzene ring substituents is 1. The van der Waals surface area contributed by atoms with Crippen LogP contribution in [0.4, 0.5) is 5.69 Å². The van der Waals surface area contributed by atoms with E-state index in [1.807, 2.05) is 12.1 Å². The first kappa shape index (κ1) is 17.3. The molecule has 0 aliphatic heterocycles. The largest absolute Gasteiger partial charge is 0.308 e. The van der Waals surface area contributed by atoms with Crippen molar-refractivity contribution >= 4 is 21.5 Å². The number of allylic oxidation sites excluding steroid dienone is 1. The molecule has 0 fully saturated rings. The summed E-state index contributed by atoms with van der Waals surface area (Å²) in [6.07, 6.45) is 5.83. The third-order valence-electron chi connectivity index (χ3n) is 4.26. The Bertz CT molecular complexity index is 990. The van der Waals surface area contributed by atoms with Crippen molar-refractivity contribution in [3.8, 4) is 0 Å². The van der Waals surface area contributed by atoms with Gasteiger partial charge < -0.3 is 0 Å². The van der Waals surface area contributed by atoms with Crippen LogP contribution in [-0.2, 0) is 16.6 Å². The number of nitro groups is 1. The Morgan fingerprint density at radius 1 is 1.32 bits per heavy atom. The first-order valence-corrected chi connectivity index (χ1v) is 9.08. The molecule has 1 aliphatic carbocycles. The molecule has 0 saturated carbocycles. The van der Waals surface area contributed by atoms with Crippen molar-refractivity contribution in [2.45, 2.75) is 19.8 Å². The summed E-state index contributed by atoms with van der Waals surface area (Å²) in [5, 5.41) is 11.4. The SMILES string of the molecule is Cc1ccc2c(c1[N+](=O)[O-])CCC=C2c1cn(S(=O)(=O)N(C)C)cn1. The van der Waals surface area contributed by atoms with Crippen LogP contribution in [0.15, 0.2) is 30.7 Å². The van der Waals surface area contributed by atoms with Crippen molar-refractivity contribution in [2.24, 2.45) is 0 Å². The van der Waals surface area contributed by atoms with E-state index in [0.29, 0.717) is 29.7 Å². The molecule has 0 N–H and O–H groups in total. The van der Waals surface area contributed by atoms with Crippen LogP contribution in [0.25, 0.3) is 5.57 Å². The van der Waals surface area contributed by atoms with Gasteiger partial charge in [0.2, 0.25) is 0 Å². The summed E-state index contributed by atoms with van der Waals surface area (Å²) >= 11 is 0. The first-order chi connectivity index (χ1) is 11.7. The number of hydrogen-bond donors (Lipinski definition) is 0. The number of imidazole rings is 1. The van der Waals surface area contributed by atoms with Crippen molar-refractivity contribution in [1.29, 1.82) is 0 Å². The predicted molar refractivity (Wildman–Crippen MR) is 93.5 cm³/mol. The van der Waals surface area contributed by atoms with Gasteiger partial charge in [-0.3, -0.25) is 10.1 Å². The van der Waals surface area contributed by atoms with Gasteiger partial charge in [-0.1, -0.05) is 18.2 Å². The molecule has 3 rings (SSSR count).